The molecule has 2 fully saturated rings. The predicted molar refractivity (Wildman–Crippen MR) is 58.5 cm³/mol. The average molecular weight is 197 g/mol. The van der Waals surface area contributed by atoms with Gasteiger partial charge in [-0.15, -0.1) is 0 Å². The van der Waals surface area contributed by atoms with Gasteiger partial charge >= 0.3 is 0 Å². The second-order valence-corrected chi connectivity index (χ2v) is 4.87. The molecular weight excluding hydrogens is 174 g/mol. The molecular formula is C12H23NO. The highest BCUT2D eigenvalue weighted by Crippen LogP contribution is 2.35. The Hall–Kier alpha value is -0.0800. The first-order chi connectivity index (χ1) is 6.81. The quantitative estimate of drug-likeness (QED) is 0.642. The van der Waals surface area contributed by atoms with Gasteiger partial charge in [-0.1, -0.05) is 13.3 Å². The van der Waals surface area contributed by atoms with Crippen molar-refractivity contribution in [2.45, 2.75) is 63.6 Å². The fourth-order valence-corrected chi connectivity index (χ4v) is 2.89. The molecule has 2 heteroatoms. The van der Waals surface area contributed by atoms with Gasteiger partial charge in [0.25, 0.3) is 0 Å². The Labute approximate surface area is 87.6 Å². The van der Waals surface area contributed by atoms with Crippen molar-refractivity contribution in [3.63, 3.8) is 0 Å². The van der Waals surface area contributed by atoms with Crippen LogP contribution in [-0.4, -0.2) is 36.7 Å². The van der Waals surface area contributed by atoms with Gasteiger partial charge in [-0.25, -0.2) is 0 Å². The highest BCUT2D eigenvalue weighted by Gasteiger charge is 2.38. The number of piperidine rings is 1. The molecule has 2 unspecified atom stereocenters. The van der Waals surface area contributed by atoms with Crippen molar-refractivity contribution in [1.82, 2.24) is 4.90 Å². The van der Waals surface area contributed by atoms with E-state index in [0.29, 0.717) is 6.10 Å². The van der Waals surface area contributed by atoms with E-state index in [9.17, 15) is 0 Å². The molecule has 0 radical (unpaired) electrons. The van der Waals surface area contributed by atoms with Gasteiger partial charge in [-0.2, -0.15) is 0 Å². The molecule has 2 nitrogen and oxygen atoms in total. The lowest BCUT2D eigenvalue weighted by atomic mass is 10.0. The van der Waals surface area contributed by atoms with Crippen LogP contribution in [0.2, 0.25) is 0 Å². The lowest BCUT2D eigenvalue weighted by Crippen LogP contribution is -2.42. The molecule has 0 aromatic heterocycles. The van der Waals surface area contributed by atoms with Crippen LogP contribution in [-0.2, 0) is 4.74 Å². The number of rotatable bonds is 4. The summed E-state index contributed by atoms with van der Waals surface area (Å²) < 4.78 is 5.93. The molecule has 0 aromatic carbocycles. The Morgan fingerprint density at radius 3 is 2.43 bits per heavy atom. The summed E-state index contributed by atoms with van der Waals surface area (Å²) in [5, 5.41) is 0. The second kappa shape index (κ2) is 4.63. The molecule has 0 amide bonds. The zero-order valence-corrected chi connectivity index (χ0v) is 9.54. The fraction of sp³-hybridized carbons (Fsp3) is 1.00. The largest absolute Gasteiger partial charge is 0.378 e. The minimum Gasteiger partial charge on any atom is -0.378 e. The Morgan fingerprint density at radius 1 is 1.21 bits per heavy atom. The summed E-state index contributed by atoms with van der Waals surface area (Å²) in [7, 11) is 2.28. The van der Waals surface area contributed by atoms with Crippen LogP contribution in [0.1, 0.15) is 45.4 Å². The van der Waals surface area contributed by atoms with E-state index in [0.717, 1.165) is 18.7 Å². The lowest BCUT2D eigenvalue weighted by Gasteiger charge is -2.36. The number of hydrogen-bond donors (Lipinski definition) is 0. The van der Waals surface area contributed by atoms with Crippen molar-refractivity contribution in [2.24, 2.45) is 0 Å². The number of unbranched alkanes of at least 4 members (excludes halogenated alkanes) is 1. The van der Waals surface area contributed by atoms with Crippen LogP contribution < -0.4 is 0 Å². The Balaban J connectivity index is 1.76. The maximum atomic E-state index is 5.93. The number of nitrogens with zero attached hydrogens (tertiary/aromatic N) is 1. The summed E-state index contributed by atoms with van der Waals surface area (Å²) >= 11 is 0. The molecule has 2 atom stereocenters. The van der Waals surface area contributed by atoms with Crippen molar-refractivity contribution in [3.05, 3.63) is 0 Å². The first-order valence-corrected chi connectivity index (χ1v) is 6.14. The third kappa shape index (κ3) is 2.12. The van der Waals surface area contributed by atoms with Gasteiger partial charge in [-0.3, -0.25) is 0 Å². The van der Waals surface area contributed by atoms with E-state index in [4.69, 9.17) is 4.74 Å². The molecule has 0 aliphatic carbocycles. The van der Waals surface area contributed by atoms with Crippen molar-refractivity contribution in [1.29, 1.82) is 0 Å². The van der Waals surface area contributed by atoms with Crippen molar-refractivity contribution in [3.8, 4) is 0 Å². The fourth-order valence-electron chi connectivity index (χ4n) is 2.89. The zero-order valence-electron chi connectivity index (χ0n) is 9.54. The van der Waals surface area contributed by atoms with Crippen LogP contribution in [0.15, 0.2) is 0 Å². The molecule has 0 saturated carbocycles. The van der Waals surface area contributed by atoms with E-state index >= 15 is 0 Å². The van der Waals surface area contributed by atoms with E-state index < -0.39 is 0 Å². The normalized spacial score (nSPS) is 37.7. The molecule has 2 aliphatic rings. The van der Waals surface area contributed by atoms with Crippen molar-refractivity contribution in [2.75, 3.05) is 13.7 Å². The predicted octanol–water partition coefficient (Wildman–Crippen LogP) is 2.43. The van der Waals surface area contributed by atoms with Gasteiger partial charge in [0.05, 0.1) is 6.10 Å². The van der Waals surface area contributed by atoms with E-state index in [1.54, 1.807) is 0 Å². The van der Waals surface area contributed by atoms with Crippen LogP contribution in [0.25, 0.3) is 0 Å². The summed E-state index contributed by atoms with van der Waals surface area (Å²) in [5.74, 6) is 0. The molecule has 2 aliphatic heterocycles. The molecule has 2 rings (SSSR count). The van der Waals surface area contributed by atoms with E-state index in [-0.39, 0.29) is 0 Å². The first-order valence-electron chi connectivity index (χ1n) is 6.14. The highest BCUT2D eigenvalue weighted by molar-refractivity contribution is 4.93. The minimum absolute atomic E-state index is 0.565. The summed E-state index contributed by atoms with van der Waals surface area (Å²) in [6.07, 6.45) is 8.38. The molecule has 0 N–H and O–H groups in total. The smallest absolute Gasteiger partial charge is 0.0604 e. The Morgan fingerprint density at radius 2 is 1.86 bits per heavy atom. The van der Waals surface area contributed by atoms with Gasteiger partial charge in [0.15, 0.2) is 0 Å². The van der Waals surface area contributed by atoms with Gasteiger partial charge in [0.1, 0.15) is 0 Å². The number of fused-ring (bicyclic) bond motifs is 2. The maximum absolute atomic E-state index is 5.93. The third-order valence-electron chi connectivity index (χ3n) is 3.91. The van der Waals surface area contributed by atoms with Gasteiger partial charge in [0, 0.05) is 18.7 Å². The monoisotopic (exact) mass is 197 g/mol. The average Bonchev–Trinajstić information content (AvgIpc) is 2.41. The van der Waals surface area contributed by atoms with Crippen molar-refractivity contribution < 1.29 is 4.74 Å². The minimum atomic E-state index is 0.565. The molecule has 0 spiro atoms. The van der Waals surface area contributed by atoms with E-state index in [1.807, 2.05) is 0 Å². The van der Waals surface area contributed by atoms with Crippen LogP contribution in [0.4, 0.5) is 0 Å². The molecule has 2 saturated heterocycles. The first kappa shape index (κ1) is 10.4. The maximum Gasteiger partial charge on any atom is 0.0604 e. The molecule has 14 heavy (non-hydrogen) atoms. The number of hydrogen-bond acceptors (Lipinski definition) is 2. The standard InChI is InChI=1S/C12H23NO/c1-3-4-7-14-12-8-10-5-6-11(9-12)13(10)2/h10-12H,3-9H2,1-2H3. The van der Waals surface area contributed by atoms with Gasteiger partial charge < -0.3 is 9.64 Å². The second-order valence-electron chi connectivity index (χ2n) is 4.87. The van der Waals surface area contributed by atoms with Crippen LogP contribution in [0.5, 0.6) is 0 Å². The molecule has 2 bridgehead atoms. The van der Waals surface area contributed by atoms with E-state index in [2.05, 4.69) is 18.9 Å². The summed E-state index contributed by atoms with van der Waals surface area (Å²) in [6.45, 7) is 3.20. The Kier molecular flexibility index (Phi) is 3.45. The SMILES string of the molecule is CCCCOC1CC2CCC(C1)N2C. The van der Waals surface area contributed by atoms with Crippen LogP contribution >= 0.6 is 0 Å². The molecule has 82 valence electrons. The summed E-state index contributed by atoms with van der Waals surface area (Å²) in [4.78, 5) is 2.57. The van der Waals surface area contributed by atoms with E-state index in [1.165, 1.54) is 38.5 Å². The summed E-state index contributed by atoms with van der Waals surface area (Å²) in [5.41, 5.74) is 0. The molecule has 2 heterocycles. The lowest BCUT2D eigenvalue weighted by molar-refractivity contribution is -0.0131. The van der Waals surface area contributed by atoms with Crippen LogP contribution in [0, 0.1) is 0 Å². The number of ether oxygens (including phenoxy) is 1. The van der Waals surface area contributed by atoms with Gasteiger partial charge in [-0.05, 0) is 39.2 Å². The highest BCUT2D eigenvalue weighted by atomic mass is 16.5. The summed E-state index contributed by atoms with van der Waals surface area (Å²) in [6, 6.07) is 1.64. The zero-order chi connectivity index (χ0) is 9.97. The third-order valence-corrected chi connectivity index (χ3v) is 3.91. The van der Waals surface area contributed by atoms with Crippen LogP contribution in [0.3, 0.4) is 0 Å². The Bertz CT molecular complexity index is 169. The van der Waals surface area contributed by atoms with Crippen molar-refractivity contribution >= 4 is 0 Å². The topological polar surface area (TPSA) is 12.5 Å². The molecule has 0 aromatic rings. The van der Waals surface area contributed by atoms with Gasteiger partial charge in [0.2, 0.25) is 0 Å².